The van der Waals surface area contributed by atoms with Crippen molar-refractivity contribution >= 4 is 17.3 Å². The summed E-state index contributed by atoms with van der Waals surface area (Å²) in [7, 11) is 2.06. The first-order chi connectivity index (χ1) is 10.2. The van der Waals surface area contributed by atoms with E-state index in [0.29, 0.717) is 0 Å². The maximum Gasteiger partial charge on any atom is 0.141 e. The molecule has 0 unspecified atom stereocenters. The first-order valence-corrected chi connectivity index (χ1v) is 7.56. The summed E-state index contributed by atoms with van der Waals surface area (Å²) in [6, 6.07) is 8.36. The number of nitrogens with zero attached hydrogens (tertiary/aromatic N) is 3. The summed E-state index contributed by atoms with van der Waals surface area (Å²) in [5.74, 6) is 1.92. The molecule has 0 radical (unpaired) electrons. The van der Waals surface area contributed by atoms with Crippen molar-refractivity contribution in [3.05, 3.63) is 41.7 Å². The topological polar surface area (TPSA) is 41.1 Å². The van der Waals surface area contributed by atoms with E-state index >= 15 is 0 Å². The van der Waals surface area contributed by atoms with Gasteiger partial charge in [-0.3, -0.25) is 0 Å². The molecule has 1 aromatic carbocycles. The van der Waals surface area contributed by atoms with E-state index in [2.05, 4.69) is 72.3 Å². The second-order valence-electron chi connectivity index (χ2n) is 5.15. The molecule has 0 aliphatic carbocycles. The van der Waals surface area contributed by atoms with Gasteiger partial charge in [-0.1, -0.05) is 32.0 Å². The number of aromatic nitrogens is 2. The Morgan fingerprint density at radius 2 is 1.90 bits per heavy atom. The minimum atomic E-state index is 0.901. The van der Waals surface area contributed by atoms with Crippen molar-refractivity contribution in [3.8, 4) is 0 Å². The Morgan fingerprint density at radius 1 is 1.14 bits per heavy atom. The van der Waals surface area contributed by atoms with Crippen LogP contribution >= 0.6 is 0 Å². The lowest BCUT2D eigenvalue weighted by molar-refractivity contribution is 0.939. The molecule has 112 valence electrons. The number of benzene rings is 1. The molecule has 2 aromatic rings. The predicted molar refractivity (Wildman–Crippen MR) is 89.4 cm³/mol. The molecular weight excluding hydrogens is 260 g/mol. The van der Waals surface area contributed by atoms with Crippen LogP contribution in [0.1, 0.15) is 31.4 Å². The minimum absolute atomic E-state index is 0.901. The highest BCUT2D eigenvalue weighted by Gasteiger charge is 2.15. The second-order valence-corrected chi connectivity index (χ2v) is 5.15. The van der Waals surface area contributed by atoms with Crippen molar-refractivity contribution in [2.24, 2.45) is 0 Å². The molecule has 0 aliphatic rings. The summed E-state index contributed by atoms with van der Waals surface area (Å²) in [6.07, 6.45) is 3.62. The van der Waals surface area contributed by atoms with Gasteiger partial charge >= 0.3 is 0 Å². The Bertz CT molecular complexity index is 595. The van der Waals surface area contributed by atoms with E-state index in [0.717, 1.165) is 36.6 Å². The molecule has 4 heteroatoms. The molecule has 0 fully saturated rings. The third kappa shape index (κ3) is 3.32. The third-order valence-corrected chi connectivity index (χ3v) is 3.61. The van der Waals surface area contributed by atoms with Gasteiger partial charge in [0.15, 0.2) is 0 Å². The van der Waals surface area contributed by atoms with Crippen molar-refractivity contribution in [2.45, 2.75) is 33.6 Å². The fraction of sp³-hybridized carbons (Fsp3) is 0.412. The molecule has 1 heterocycles. The second kappa shape index (κ2) is 7.07. The van der Waals surface area contributed by atoms with E-state index in [1.54, 1.807) is 6.33 Å². The lowest BCUT2D eigenvalue weighted by atomic mass is 10.1. The largest absolute Gasteiger partial charge is 0.370 e. The fourth-order valence-corrected chi connectivity index (χ4v) is 2.47. The summed E-state index contributed by atoms with van der Waals surface area (Å²) >= 11 is 0. The Hall–Kier alpha value is -2.10. The molecular formula is C17H24N4. The number of anilines is 3. The van der Waals surface area contributed by atoms with Gasteiger partial charge in [0.2, 0.25) is 0 Å². The molecule has 0 saturated heterocycles. The molecule has 0 aliphatic heterocycles. The van der Waals surface area contributed by atoms with Crippen molar-refractivity contribution in [2.75, 3.05) is 23.8 Å². The summed E-state index contributed by atoms with van der Waals surface area (Å²) in [5, 5.41) is 3.40. The molecule has 0 bridgehead atoms. The molecule has 0 spiro atoms. The highest BCUT2D eigenvalue weighted by atomic mass is 15.2. The van der Waals surface area contributed by atoms with Crippen LogP contribution in [-0.2, 0) is 6.42 Å². The highest BCUT2D eigenvalue weighted by Crippen LogP contribution is 2.30. The van der Waals surface area contributed by atoms with Crippen LogP contribution in [0.5, 0.6) is 0 Å². The molecule has 0 saturated carbocycles. The van der Waals surface area contributed by atoms with Crippen LogP contribution in [0.4, 0.5) is 17.3 Å². The Kier molecular flexibility index (Phi) is 5.14. The zero-order valence-electron chi connectivity index (χ0n) is 13.3. The van der Waals surface area contributed by atoms with Gasteiger partial charge in [-0.15, -0.1) is 0 Å². The summed E-state index contributed by atoms with van der Waals surface area (Å²) < 4.78 is 0. The van der Waals surface area contributed by atoms with Crippen molar-refractivity contribution in [3.63, 3.8) is 0 Å². The van der Waals surface area contributed by atoms with Gasteiger partial charge in [0.1, 0.15) is 18.0 Å². The number of hydrogen-bond donors (Lipinski definition) is 1. The molecule has 2 rings (SSSR count). The van der Waals surface area contributed by atoms with Crippen LogP contribution in [0.15, 0.2) is 30.6 Å². The summed E-state index contributed by atoms with van der Waals surface area (Å²) in [5.41, 5.74) is 3.58. The van der Waals surface area contributed by atoms with Gasteiger partial charge in [0, 0.05) is 24.8 Å². The van der Waals surface area contributed by atoms with Crippen LogP contribution in [0.2, 0.25) is 0 Å². The SMILES string of the molecule is CCCNc1ncnc(N(C)c2ccccc2C)c1CC. The van der Waals surface area contributed by atoms with Crippen LogP contribution in [-0.4, -0.2) is 23.6 Å². The fourth-order valence-electron chi connectivity index (χ4n) is 2.47. The van der Waals surface area contributed by atoms with Crippen molar-refractivity contribution in [1.29, 1.82) is 0 Å². The van der Waals surface area contributed by atoms with E-state index < -0.39 is 0 Å². The van der Waals surface area contributed by atoms with E-state index in [-0.39, 0.29) is 0 Å². The highest BCUT2D eigenvalue weighted by molar-refractivity contribution is 5.68. The zero-order valence-corrected chi connectivity index (χ0v) is 13.3. The Morgan fingerprint density at radius 3 is 2.57 bits per heavy atom. The van der Waals surface area contributed by atoms with Gasteiger partial charge in [-0.2, -0.15) is 0 Å². The Labute approximate surface area is 127 Å². The average Bonchev–Trinajstić information content (AvgIpc) is 2.52. The number of rotatable bonds is 6. The molecule has 21 heavy (non-hydrogen) atoms. The monoisotopic (exact) mass is 284 g/mol. The number of para-hydroxylation sites is 1. The van der Waals surface area contributed by atoms with Gasteiger partial charge in [-0.25, -0.2) is 9.97 Å². The smallest absolute Gasteiger partial charge is 0.141 e. The van der Waals surface area contributed by atoms with E-state index in [1.165, 1.54) is 11.3 Å². The van der Waals surface area contributed by atoms with Crippen molar-refractivity contribution < 1.29 is 0 Å². The standard InChI is InChI=1S/C17H24N4/c1-5-11-18-16-14(6-2)17(20-12-19-16)21(4)15-10-8-7-9-13(15)3/h7-10,12H,5-6,11H2,1-4H3,(H,18,19,20). The van der Waals surface area contributed by atoms with Crippen molar-refractivity contribution in [1.82, 2.24) is 9.97 Å². The average molecular weight is 284 g/mol. The summed E-state index contributed by atoms with van der Waals surface area (Å²) in [4.78, 5) is 11.1. The van der Waals surface area contributed by atoms with Gasteiger partial charge in [-0.05, 0) is 31.4 Å². The Balaban J connectivity index is 2.41. The number of nitrogens with one attached hydrogen (secondary N) is 1. The van der Waals surface area contributed by atoms with Crippen LogP contribution in [0, 0.1) is 6.92 Å². The molecule has 4 nitrogen and oxygen atoms in total. The lowest BCUT2D eigenvalue weighted by Gasteiger charge is -2.24. The quantitative estimate of drug-likeness (QED) is 0.872. The minimum Gasteiger partial charge on any atom is -0.370 e. The predicted octanol–water partition coefficient (Wildman–Crippen LogP) is 3.94. The molecule has 1 N–H and O–H groups in total. The van der Waals surface area contributed by atoms with E-state index in [9.17, 15) is 0 Å². The maximum absolute atomic E-state index is 4.51. The number of hydrogen-bond acceptors (Lipinski definition) is 4. The van der Waals surface area contributed by atoms with Crippen LogP contribution < -0.4 is 10.2 Å². The van der Waals surface area contributed by atoms with Crippen LogP contribution in [0.3, 0.4) is 0 Å². The third-order valence-electron chi connectivity index (χ3n) is 3.61. The van der Waals surface area contributed by atoms with Gasteiger partial charge in [0.05, 0.1) is 0 Å². The van der Waals surface area contributed by atoms with Crippen LogP contribution in [0.25, 0.3) is 0 Å². The van der Waals surface area contributed by atoms with E-state index in [1.807, 2.05) is 0 Å². The van der Waals surface area contributed by atoms with E-state index in [4.69, 9.17) is 0 Å². The molecule has 0 amide bonds. The molecule has 0 atom stereocenters. The number of aryl methyl sites for hydroxylation is 1. The zero-order chi connectivity index (χ0) is 15.2. The lowest BCUT2D eigenvalue weighted by Crippen LogP contribution is -2.17. The first-order valence-electron chi connectivity index (χ1n) is 7.56. The summed E-state index contributed by atoms with van der Waals surface area (Å²) in [6.45, 7) is 7.34. The molecule has 1 aromatic heterocycles. The normalized spacial score (nSPS) is 10.5. The van der Waals surface area contributed by atoms with Gasteiger partial charge in [0.25, 0.3) is 0 Å². The first kappa shape index (κ1) is 15.3. The maximum atomic E-state index is 4.51. The van der Waals surface area contributed by atoms with Gasteiger partial charge < -0.3 is 10.2 Å².